The number of ether oxygens (including phenoxy) is 1. The van der Waals surface area contributed by atoms with Crippen LogP contribution in [0.3, 0.4) is 0 Å². The molecule has 2 N–H and O–H groups in total. The zero-order valence-electron chi connectivity index (χ0n) is 12.5. The first-order valence-electron chi connectivity index (χ1n) is 7.18. The highest BCUT2D eigenvalue weighted by atomic mass is 16.5. The van der Waals surface area contributed by atoms with E-state index in [0.29, 0.717) is 12.5 Å². The van der Waals surface area contributed by atoms with Gasteiger partial charge in [0.25, 0.3) is 0 Å². The second-order valence-corrected chi connectivity index (χ2v) is 5.42. The highest BCUT2D eigenvalue weighted by molar-refractivity contribution is 5.41. The molecule has 0 aliphatic rings. The van der Waals surface area contributed by atoms with Crippen LogP contribution >= 0.6 is 0 Å². The topological polar surface area (TPSA) is 35.2 Å². The molecule has 0 atom stereocenters. The van der Waals surface area contributed by atoms with Crippen molar-refractivity contribution in [3.63, 3.8) is 0 Å². The van der Waals surface area contributed by atoms with Crippen LogP contribution in [0.4, 0.5) is 0 Å². The minimum absolute atomic E-state index is 0.536. The van der Waals surface area contributed by atoms with Crippen LogP contribution in [-0.4, -0.2) is 6.54 Å². The molecule has 2 nitrogen and oxygen atoms in total. The number of rotatable bonds is 5. The van der Waals surface area contributed by atoms with Crippen molar-refractivity contribution in [1.29, 1.82) is 0 Å². The average Bonchev–Trinajstić information content (AvgIpc) is 2.41. The average molecular weight is 269 g/mol. The Morgan fingerprint density at radius 2 is 1.85 bits per heavy atom. The normalized spacial score (nSPS) is 10.8. The monoisotopic (exact) mass is 269 g/mol. The van der Waals surface area contributed by atoms with Gasteiger partial charge in [0.2, 0.25) is 0 Å². The Hall–Kier alpha value is -1.80. The Morgan fingerprint density at radius 1 is 1.10 bits per heavy atom. The van der Waals surface area contributed by atoms with E-state index in [1.54, 1.807) is 0 Å². The summed E-state index contributed by atoms with van der Waals surface area (Å²) in [7, 11) is 0. The van der Waals surface area contributed by atoms with E-state index in [9.17, 15) is 0 Å². The van der Waals surface area contributed by atoms with Crippen molar-refractivity contribution >= 4 is 0 Å². The summed E-state index contributed by atoms with van der Waals surface area (Å²) in [5.74, 6) is 2.32. The highest BCUT2D eigenvalue weighted by Gasteiger charge is 2.07. The van der Waals surface area contributed by atoms with Crippen molar-refractivity contribution in [2.24, 2.45) is 5.73 Å². The van der Waals surface area contributed by atoms with E-state index in [1.807, 2.05) is 24.3 Å². The van der Waals surface area contributed by atoms with Crippen LogP contribution in [0.25, 0.3) is 0 Å². The van der Waals surface area contributed by atoms with Gasteiger partial charge in [0.1, 0.15) is 11.5 Å². The first-order valence-corrected chi connectivity index (χ1v) is 7.18. The number of hydrogen-bond acceptors (Lipinski definition) is 2. The molecule has 106 valence electrons. The molecule has 0 bridgehead atoms. The van der Waals surface area contributed by atoms with Gasteiger partial charge >= 0.3 is 0 Å². The summed E-state index contributed by atoms with van der Waals surface area (Å²) < 4.78 is 6.02. The minimum Gasteiger partial charge on any atom is -0.457 e. The molecular formula is C18H23NO. The molecule has 2 rings (SSSR count). The third kappa shape index (κ3) is 3.40. The molecule has 2 aromatic rings. The predicted octanol–water partition coefficient (Wildman–Crippen LogP) is 4.41. The largest absolute Gasteiger partial charge is 0.457 e. The summed E-state index contributed by atoms with van der Waals surface area (Å²) in [5.41, 5.74) is 9.44. The van der Waals surface area contributed by atoms with Crippen molar-refractivity contribution in [2.45, 2.75) is 33.1 Å². The molecule has 0 aromatic heterocycles. The van der Waals surface area contributed by atoms with Crippen LogP contribution in [0.2, 0.25) is 0 Å². The van der Waals surface area contributed by atoms with Crippen molar-refractivity contribution in [3.8, 4) is 11.5 Å². The maximum Gasteiger partial charge on any atom is 0.130 e. The smallest absolute Gasteiger partial charge is 0.130 e. The summed E-state index contributed by atoms with van der Waals surface area (Å²) in [6.45, 7) is 7.18. The fourth-order valence-electron chi connectivity index (χ4n) is 2.45. The van der Waals surface area contributed by atoms with Crippen molar-refractivity contribution < 1.29 is 4.74 Å². The number of nitrogens with two attached hydrogens (primary N) is 1. The lowest BCUT2D eigenvalue weighted by atomic mass is 9.98. The molecule has 0 radical (unpaired) electrons. The van der Waals surface area contributed by atoms with Gasteiger partial charge in [0.05, 0.1) is 0 Å². The molecule has 2 aromatic carbocycles. The lowest BCUT2D eigenvalue weighted by Crippen LogP contribution is -2.04. The third-order valence-electron chi connectivity index (χ3n) is 3.48. The molecular weight excluding hydrogens is 246 g/mol. The van der Waals surface area contributed by atoms with Gasteiger partial charge in [-0.05, 0) is 60.7 Å². The number of hydrogen-bond donors (Lipinski definition) is 1. The van der Waals surface area contributed by atoms with Crippen LogP contribution in [0.5, 0.6) is 11.5 Å². The Bertz CT molecular complexity index is 575. The van der Waals surface area contributed by atoms with Gasteiger partial charge in [-0.2, -0.15) is 0 Å². The summed E-state index contributed by atoms with van der Waals surface area (Å²) in [6, 6.07) is 14.4. The van der Waals surface area contributed by atoms with Crippen molar-refractivity contribution in [2.75, 3.05) is 6.54 Å². The van der Waals surface area contributed by atoms with Crippen molar-refractivity contribution in [1.82, 2.24) is 0 Å². The molecule has 0 aliphatic carbocycles. The predicted molar refractivity (Wildman–Crippen MR) is 84.5 cm³/mol. The van der Waals surface area contributed by atoms with Gasteiger partial charge < -0.3 is 10.5 Å². The fraction of sp³-hybridized carbons (Fsp3) is 0.333. The second-order valence-electron chi connectivity index (χ2n) is 5.42. The van der Waals surface area contributed by atoms with E-state index in [0.717, 1.165) is 23.5 Å². The first-order chi connectivity index (χ1) is 9.61. The molecule has 0 spiro atoms. The number of aryl methyl sites for hydroxylation is 1. The Balaban J connectivity index is 2.24. The molecule has 20 heavy (non-hydrogen) atoms. The molecule has 0 heterocycles. The van der Waals surface area contributed by atoms with E-state index in [-0.39, 0.29) is 0 Å². The SMILES string of the molecule is Cc1cc(Oc2ccccc2CCN)ccc1C(C)C. The molecule has 0 saturated carbocycles. The Kier molecular flexibility index (Phi) is 4.80. The maximum atomic E-state index is 6.02. The lowest BCUT2D eigenvalue weighted by molar-refractivity contribution is 0.475. The van der Waals surface area contributed by atoms with Crippen LogP contribution < -0.4 is 10.5 Å². The summed E-state index contributed by atoms with van der Waals surface area (Å²) in [6.07, 6.45) is 0.833. The molecule has 2 heteroatoms. The van der Waals surface area contributed by atoms with E-state index in [1.165, 1.54) is 11.1 Å². The second kappa shape index (κ2) is 6.58. The summed E-state index contributed by atoms with van der Waals surface area (Å²) in [4.78, 5) is 0. The third-order valence-corrected chi connectivity index (χ3v) is 3.48. The zero-order valence-corrected chi connectivity index (χ0v) is 12.5. The molecule has 0 unspecified atom stereocenters. The molecule has 0 saturated heterocycles. The highest BCUT2D eigenvalue weighted by Crippen LogP contribution is 2.29. The maximum absolute atomic E-state index is 6.02. The summed E-state index contributed by atoms with van der Waals surface area (Å²) in [5, 5.41) is 0. The Morgan fingerprint density at radius 3 is 2.50 bits per heavy atom. The molecule has 0 fully saturated rings. The van der Waals surface area contributed by atoms with Crippen LogP contribution in [0, 0.1) is 6.92 Å². The Labute approximate surface area is 121 Å². The van der Waals surface area contributed by atoms with Crippen molar-refractivity contribution in [3.05, 3.63) is 59.2 Å². The van der Waals surface area contributed by atoms with Gasteiger partial charge in [-0.1, -0.05) is 38.1 Å². The lowest BCUT2D eigenvalue weighted by Gasteiger charge is -2.14. The van der Waals surface area contributed by atoms with Gasteiger partial charge in [-0.15, -0.1) is 0 Å². The molecule has 0 amide bonds. The van der Waals surface area contributed by atoms with E-state index in [4.69, 9.17) is 10.5 Å². The minimum atomic E-state index is 0.536. The van der Waals surface area contributed by atoms with Crippen LogP contribution in [-0.2, 0) is 6.42 Å². The number of benzene rings is 2. The standard InChI is InChI=1S/C18H23NO/c1-13(2)17-9-8-16(12-14(17)3)20-18-7-5-4-6-15(18)10-11-19/h4-9,12-13H,10-11,19H2,1-3H3. The number of para-hydroxylation sites is 1. The quantitative estimate of drug-likeness (QED) is 0.872. The van der Waals surface area contributed by atoms with Gasteiger partial charge in [0.15, 0.2) is 0 Å². The zero-order chi connectivity index (χ0) is 14.5. The van der Waals surface area contributed by atoms with Gasteiger partial charge in [-0.25, -0.2) is 0 Å². The van der Waals surface area contributed by atoms with E-state index in [2.05, 4.69) is 39.0 Å². The van der Waals surface area contributed by atoms with Crippen LogP contribution in [0.15, 0.2) is 42.5 Å². The first kappa shape index (κ1) is 14.6. The van der Waals surface area contributed by atoms with E-state index < -0.39 is 0 Å². The summed E-state index contributed by atoms with van der Waals surface area (Å²) >= 11 is 0. The van der Waals surface area contributed by atoms with Gasteiger partial charge in [0, 0.05) is 0 Å². The van der Waals surface area contributed by atoms with E-state index >= 15 is 0 Å². The van der Waals surface area contributed by atoms with Crippen LogP contribution in [0.1, 0.15) is 36.5 Å². The fourth-order valence-corrected chi connectivity index (χ4v) is 2.45. The molecule has 0 aliphatic heterocycles. The van der Waals surface area contributed by atoms with Gasteiger partial charge in [-0.3, -0.25) is 0 Å².